The quantitative estimate of drug-likeness (QED) is 0.393. The van der Waals surface area contributed by atoms with Gasteiger partial charge in [-0.25, -0.2) is 18.6 Å². The maximum Gasteiger partial charge on any atom is 0.345 e. The molecule has 0 saturated carbocycles. The highest BCUT2D eigenvalue weighted by Gasteiger charge is 2.32. The summed E-state index contributed by atoms with van der Waals surface area (Å²) in [4.78, 5) is 23.6. The normalized spacial score (nSPS) is 10.5. The summed E-state index contributed by atoms with van der Waals surface area (Å²) in [5.41, 5.74) is -2.92. The average molecular weight is 344 g/mol. The van der Waals surface area contributed by atoms with Crippen LogP contribution in [0.4, 0.5) is 14.5 Å². The monoisotopic (exact) mass is 344 g/mol. The predicted molar refractivity (Wildman–Crippen MR) is 55.5 cm³/mol. The Bertz CT molecular complexity index is 466. The Balaban J connectivity index is 3.63. The van der Waals surface area contributed by atoms with E-state index in [1.807, 2.05) is 0 Å². The van der Waals surface area contributed by atoms with Gasteiger partial charge in [-0.05, 0) is 22.6 Å². The van der Waals surface area contributed by atoms with E-state index in [1.54, 1.807) is 0 Å². The molecule has 86 valence electrons. The third-order valence-electron chi connectivity index (χ3n) is 1.67. The fourth-order valence-electron chi connectivity index (χ4n) is 1.04. The molecule has 1 rings (SSSR count). The van der Waals surface area contributed by atoms with Gasteiger partial charge in [-0.15, -0.1) is 0 Å². The molecular weight excluding hydrogens is 341 g/mol. The summed E-state index contributed by atoms with van der Waals surface area (Å²) in [6, 6.07) is 0. The molecule has 0 aliphatic heterocycles. The lowest BCUT2D eigenvalue weighted by atomic mass is 10.1. The number of halogens is 3. The van der Waals surface area contributed by atoms with Gasteiger partial charge in [-0.1, -0.05) is 0 Å². The van der Waals surface area contributed by atoms with E-state index in [2.05, 4.69) is 4.98 Å². The molecule has 0 amide bonds. The lowest BCUT2D eigenvalue weighted by molar-refractivity contribution is -0.386. The van der Waals surface area contributed by atoms with Crippen molar-refractivity contribution >= 4 is 34.2 Å². The van der Waals surface area contributed by atoms with Crippen LogP contribution in [0.2, 0.25) is 0 Å². The number of alkyl halides is 2. The lowest BCUT2D eigenvalue weighted by Crippen LogP contribution is -2.10. The van der Waals surface area contributed by atoms with Crippen molar-refractivity contribution in [3.8, 4) is 0 Å². The number of aromatic carboxylic acids is 1. The number of carboxylic acid groups (broad SMARTS) is 1. The number of aromatic nitrogens is 1. The van der Waals surface area contributed by atoms with Crippen LogP contribution in [-0.4, -0.2) is 21.0 Å². The number of pyridine rings is 1. The minimum absolute atomic E-state index is 0.207. The first-order valence-corrected chi connectivity index (χ1v) is 4.78. The molecular formula is C7H3F2IN2O4. The SMILES string of the molecule is O=C(O)c1c(I)ncc(C(F)F)c1[N+](=O)[O-]. The van der Waals surface area contributed by atoms with Crippen LogP contribution in [0.1, 0.15) is 22.3 Å². The standard InChI is InChI=1S/C7H3F2IN2O4/c8-5(9)2-1-11-6(10)3(7(13)14)4(2)12(15)16/h1,5H,(H,13,14). The van der Waals surface area contributed by atoms with Crippen molar-refractivity contribution in [2.75, 3.05) is 0 Å². The fraction of sp³-hybridized carbons (Fsp3) is 0.143. The van der Waals surface area contributed by atoms with Gasteiger partial charge < -0.3 is 5.11 Å². The topological polar surface area (TPSA) is 93.3 Å². The first-order chi connectivity index (χ1) is 7.36. The van der Waals surface area contributed by atoms with Crippen molar-refractivity contribution in [2.24, 2.45) is 0 Å². The molecule has 1 aromatic rings. The van der Waals surface area contributed by atoms with Crippen molar-refractivity contribution in [2.45, 2.75) is 6.43 Å². The van der Waals surface area contributed by atoms with Gasteiger partial charge in [0.05, 0.1) is 4.92 Å². The lowest BCUT2D eigenvalue weighted by Gasteiger charge is -2.05. The Morgan fingerprint density at radius 3 is 2.56 bits per heavy atom. The third-order valence-corrected chi connectivity index (χ3v) is 2.48. The molecule has 0 atom stereocenters. The molecule has 1 N–H and O–H groups in total. The van der Waals surface area contributed by atoms with Crippen molar-refractivity contribution in [3.05, 3.63) is 31.1 Å². The van der Waals surface area contributed by atoms with Crippen LogP contribution in [0.25, 0.3) is 0 Å². The van der Waals surface area contributed by atoms with Crippen LogP contribution in [0.5, 0.6) is 0 Å². The maximum absolute atomic E-state index is 12.4. The third kappa shape index (κ3) is 2.23. The minimum Gasteiger partial charge on any atom is -0.477 e. The summed E-state index contributed by atoms with van der Waals surface area (Å²) in [6.07, 6.45) is -2.54. The molecule has 9 heteroatoms. The van der Waals surface area contributed by atoms with Crippen molar-refractivity contribution in [1.82, 2.24) is 4.98 Å². The average Bonchev–Trinajstić information content (AvgIpc) is 2.15. The zero-order valence-electron chi connectivity index (χ0n) is 7.35. The number of carboxylic acids is 1. The molecule has 16 heavy (non-hydrogen) atoms. The molecule has 0 unspecified atom stereocenters. The van der Waals surface area contributed by atoms with E-state index in [1.165, 1.54) is 22.6 Å². The molecule has 0 spiro atoms. The number of hydrogen-bond acceptors (Lipinski definition) is 4. The summed E-state index contributed by atoms with van der Waals surface area (Å²) in [7, 11) is 0. The van der Waals surface area contributed by atoms with Gasteiger partial charge in [0.2, 0.25) is 0 Å². The largest absolute Gasteiger partial charge is 0.477 e. The maximum atomic E-state index is 12.4. The molecule has 0 aliphatic rings. The molecule has 0 aromatic carbocycles. The van der Waals surface area contributed by atoms with Gasteiger partial charge in [0.1, 0.15) is 9.26 Å². The molecule has 0 aliphatic carbocycles. The fourth-order valence-corrected chi connectivity index (χ4v) is 1.67. The number of hydrogen-bond donors (Lipinski definition) is 1. The Hall–Kier alpha value is -1.39. The molecule has 1 aromatic heterocycles. The van der Waals surface area contributed by atoms with Crippen molar-refractivity contribution in [3.63, 3.8) is 0 Å². The summed E-state index contributed by atoms with van der Waals surface area (Å²) in [5.74, 6) is -1.66. The number of rotatable bonds is 3. The number of nitrogens with zero attached hydrogens (tertiary/aromatic N) is 2. The van der Waals surface area contributed by atoms with E-state index >= 15 is 0 Å². The second-order valence-corrected chi connectivity index (χ2v) is 3.61. The molecule has 0 saturated heterocycles. The first-order valence-electron chi connectivity index (χ1n) is 3.70. The van der Waals surface area contributed by atoms with Crippen molar-refractivity contribution < 1.29 is 23.6 Å². The number of nitro groups is 1. The van der Waals surface area contributed by atoms with Crippen LogP contribution >= 0.6 is 22.6 Å². The van der Waals surface area contributed by atoms with Crippen LogP contribution in [-0.2, 0) is 0 Å². The van der Waals surface area contributed by atoms with E-state index in [9.17, 15) is 23.7 Å². The van der Waals surface area contributed by atoms with Gasteiger partial charge in [-0.3, -0.25) is 10.1 Å². The van der Waals surface area contributed by atoms with Gasteiger partial charge >= 0.3 is 5.97 Å². The van der Waals surface area contributed by atoms with Crippen LogP contribution < -0.4 is 0 Å². The van der Waals surface area contributed by atoms with E-state index < -0.39 is 34.1 Å². The smallest absolute Gasteiger partial charge is 0.345 e. The predicted octanol–water partition coefficient (Wildman–Crippen LogP) is 2.23. The molecule has 0 bridgehead atoms. The van der Waals surface area contributed by atoms with Crippen LogP contribution in [0.3, 0.4) is 0 Å². The highest BCUT2D eigenvalue weighted by Crippen LogP contribution is 2.33. The Morgan fingerprint density at radius 1 is 1.62 bits per heavy atom. The van der Waals surface area contributed by atoms with Gasteiger partial charge in [0.15, 0.2) is 5.56 Å². The summed E-state index contributed by atoms with van der Waals surface area (Å²) in [5, 5.41) is 19.3. The zero-order valence-corrected chi connectivity index (χ0v) is 9.51. The van der Waals surface area contributed by atoms with Crippen LogP contribution in [0, 0.1) is 13.8 Å². The summed E-state index contributed by atoms with van der Waals surface area (Å²) >= 11 is 1.43. The van der Waals surface area contributed by atoms with Crippen molar-refractivity contribution in [1.29, 1.82) is 0 Å². The van der Waals surface area contributed by atoms with E-state index in [-0.39, 0.29) is 3.70 Å². The van der Waals surface area contributed by atoms with E-state index in [4.69, 9.17) is 5.11 Å². The molecule has 1 heterocycles. The van der Waals surface area contributed by atoms with Gasteiger partial charge in [-0.2, -0.15) is 0 Å². The highest BCUT2D eigenvalue weighted by molar-refractivity contribution is 14.1. The Labute approximate surface area is 101 Å². The van der Waals surface area contributed by atoms with E-state index in [0.29, 0.717) is 6.20 Å². The second-order valence-electron chi connectivity index (χ2n) is 2.59. The molecule has 0 radical (unpaired) electrons. The molecule has 0 fully saturated rings. The van der Waals surface area contributed by atoms with Gasteiger partial charge in [0.25, 0.3) is 12.1 Å². The second kappa shape index (κ2) is 4.63. The first kappa shape index (κ1) is 12.7. The summed E-state index contributed by atoms with van der Waals surface area (Å²) in [6.45, 7) is 0. The van der Waals surface area contributed by atoms with E-state index in [0.717, 1.165) is 0 Å². The number of carbonyl (C=O) groups is 1. The highest BCUT2D eigenvalue weighted by atomic mass is 127. The summed E-state index contributed by atoms with van der Waals surface area (Å²) < 4.78 is 24.6. The Kier molecular flexibility index (Phi) is 3.67. The van der Waals surface area contributed by atoms with Crippen LogP contribution in [0.15, 0.2) is 6.20 Å². The molecule has 6 nitrogen and oxygen atoms in total. The zero-order chi connectivity index (χ0) is 12.5. The van der Waals surface area contributed by atoms with Gasteiger partial charge in [0, 0.05) is 6.20 Å². The Morgan fingerprint density at radius 2 is 2.19 bits per heavy atom. The minimum atomic E-state index is -3.15.